The van der Waals surface area contributed by atoms with E-state index in [0.717, 1.165) is 29.7 Å². The van der Waals surface area contributed by atoms with Crippen LogP contribution in [0.4, 0.5) is 10.8 Å². The van der Waals surface area contributed by atoms with Crippen LogP contribution in [-0.2, 0) is 4.79 Å². The second-order valence-corrected chi connectivity index (χ2v) is 9.90. The number of hydrogen-bond acceptors (Lipinski definition) is 6. The standard InChI is InChI=1S/C27H27N5O3S/c1-16-4-7-22(14-23(16)31-25(34)24-17(2)29-27(36-24)30-18(3)33)26(35)32-12-10-21(11-13-32)20-8-5-19(15-28)6-9-20/h4-9,14,21H,10-13H2,1-3H3,(H,31,34)(H,29,30,33). The number of thiazole rings is 1. The zero-order valence-electron chi connectivity index (χ0n) is 20.4. The van der Waals surface area contributed by atoms with Gasteiger partial charge in [-0.3, -0.25) is 14.4 Å². The number of nitriles is 1. The third-order valence-electron chi connectivity index (χ3n) is 6.31. The molecule has 184 valence electrons. The molecule has 2 heterocycles. The molecular weight excluding hydrogens is 474 g/mol. The molecule has 9 heteroatoms. The van der Waals surface area contributed by atoms with E-state index in [0.29, 0.717) is 51.5 Å². The topological polar surface area (TPSA) is 115 Å². The molecule has 36 heavy (non-hydrogen) atoms. The Hall–Kier alpha value is -4.03. The molecule has 1 aliphatic rings. The number of carbonyl (C=O) groups is 3. The molecule has 8 nitrogen and oxygen atoms in total. The lowest BCUT2D eigenvalue weighted by atomic mass is 9.89. The normalized spacial score (nSPS) is 13.7. The SMILES string of the molecule is CC(=O)Nc1nc(C)c(C(=O)Nc2cc(C(=O)N3CCC(c4ccc(C#N)cc4)CC3)ccc2C)s1. The number of piperidine rings is 1. The van der Waals surface area contributed by atoms with Gasteiger partial charge in [-0.1, -0.05) is 29.5 Å². The Morgan fingerprint density at radius 1 is 1.06 bits per heavy atom. The smallest absolute Gasteiger partial charge is 0.267 e. The van der Waals surface area contributed by atoms with Crippen molar-refractivity contribution >= 4 is 39.9 Å². The van der Waals surface area contributed by atoms with Gasteiger partial charge >= 0.3 is 0 Å². The molecule has 2 aromatic carbocycles. The fourth-order valence-corrected chi connectivity index (χ4v) is 5.22. The molecule has 0 radical (unpaired) electrons. The van der Waals surface area contributed by atoms with Crippen molar-refractivity contribution in [3.05, 3.63) is 75.3 Å². The van der Waals surface area contributed by atoms with E-state index in [2.05, 4.69) is 21.7 Å². The van der Waals surface area contributed by atoms with Gasteiger partial charge in [0, 0.05) is 31.3 Å². The molecule has 2 N–H and O–H groups in total. The van der Waals surface area contributed by atoms with Crippen molar-refractivity contribution in [1.82, 2.24) is 9.88 Å². The van der Waals surface area contributed by atoms with E-state index in [4.69, 9.17) is 5.26 Å². The van der Waals surface area contributed by atoms with E-state index in [1.54, 1.807) is 19.1 Å². The molecule has 0 saturated carbocycles. The minimum atomic E-state index is -0.336. The van der Waals surface area contributed by atoms with Crippen LogP contribution in [0, 0.1) is 25.2 Å². The number of nitrogens with one attached hydrogen (secondary N) is 2. The Labute approximate surface area is 214 Å². The number of nitrogens with zero attached hydrogens (tertiary/aromatic N) is 3. The third kappa shape index (κ3) is 5.61. The molecule has 0 atom stereocenters. The number of aromatic nitrogens is 1. The van der Waals surface area contributed by atoms with E-state index < -0.39 is 0 Å². The van der Waals surface area contributed by atoms with Crippen LogP contribution < -0.4 is 10.6 Å². The monoisotopic (exact) mass is 501 g/mol. The Morgan fingerprint density at radius 3 is 2.39 bits per heavy atom. The zero-order chi connectivity index (χ0) is 25.8. The third-order valence-corrected chi connectivity index (χ3v) is 7.38. The Kier molecular flexibility index (Phi) is 7.46. The Bertz CT molecular complexity index is 1350. The first kappa shape index (κ1) is 25.1. The maximum absolute atomic E-state index is 13.2. The average Bonchev–Trinajstić information content (AvgIpc) is 3.24. The highest BCUT2D eigenvalue weighted by molar-refractivity contribution is 7.17. The molecule has 3 amide bonds. The van der Waals surface area contributed by atoms with Gasteiger partial charge in [-0.15, -0.1) is 0 Å². The number of amides is 3. The summed E-state index contributed by atoms with van der Waals surface area (Å²) in [5, 5.41) is 14.9. The first-order valence-corrected chi connectivity index (χ1v) is 12.5. The van der Waals surface area contributed by atoms with Crippen LogP contribution in [0.5, 0.6) is 0 Å². The molecule has 1 aromatic heterocycles. The predicted octanol–water partition coefficient (Wildman–Crippen LogP) is 4.86. The Balaban J connectivity index is 1.42. The average molecular weight is 502 g/mol. The summed E-state index contributed by atoms with van der Waals surface area (Å²) < 4.78 is 0. The van der Waals surface area contributed by atoms with Gasteiger partial charge < -0.3 is 15.5 Å². The molecule has 1 fully saturated rings. The number of hydrogen-bond donors (Lipinski definition) is 2. The molecule has 3 aromatic rings. The molecule has 0 unspecified atom stereocenters. The van der Waals surface area contributed by atoms with Gasteiger partial charge in [0.2, 0.25) is 5.91 Å². The lowest BCUT2D eigenvalue weighted by molar-refractivity contribution is -0.114. The van der Waals surface area contributed by atoms with E-state index >= 15 is 0 Å². The summed E-state index contributed by atoms with van der Waals surface area (Å²) in [6, 6.07) is 15.1. The summed E-state index contributed by atoms with van der Waals surface area (Å²) in [5.74, 6) is -0.290. The number of aryl methyl sites for hydroxylation is 2. The van der Waals surface area contributed by atoms with Gasteiger partial charge in [0.25, 0.3) is 11.8 Å². The summed E-state index contributed by atoms with van der Waals surface area (Å²) in [4.78, 5) is 43.9. The van der Waals surface area contributed by atoms with Crippen molar-refractivity contribution in [3.8, 4) is 6.07 Å². The summed E-state index contributed by atoms with van der Waals surface area (Å²) in [6.07, 6.45) is 1.71. The number of likely N-dealkylation sites (tertiary alicyclic amines) is 1. The van der Waals surface area contributed by atoms with Crippen molar-refractivity contribution in [3.63, 3.8) is 0 Å². The van der Waals surface area contributed by atoms with E-state index in [1.165, 1.54) is 12.5 Å². The van der Waals surface area contributed by atoms with Crippen LogP contribution in [0.3, 0.4) is 0 Å². The number of carbonyl (C=O) groups excluding carboxylic acids is 3. The van der Waals surface area contributed by atoms with Crippen LogP contribution in [0.1, 0.15) is 68.1 Å². The van der Waals surface area contributed by atoms with Gasteiger partial charge in [0.05, 0.1) is 17.3 Å². The van der Waals surface area contributed by atoms with Gasteiger partial charge in [-0.2, -0.15) is 5.26 Å². The van der Waals surface area contributed by atoms with Gasteiger partial charge in [0.1, 0.15) is 4.88 Å². The second-order valence-electron chi connectivity index (χ2n) is 8.90. The van der Waals surface area contributed by atoms with Crippen LogP contribution in [0.2, 0.25) is 0 Å². The number of benzene rings is 2. The van der Waals surface area contributed by atoms with Crippen molar-refractivity contribution in [2.75, 3.05) is 23.7 Å². The van der Waals surface area contributed by atoms with Gasteiger partial charge in [0.15, 0.2) is 5.13 Å². The largest absolute Gasteiger partial charge is 0.339 e. The quantitative estimate of drug-likeness (QED) is 0.518. The van der Waals surface area contributed by atoms with Crippen LogP contribution in [-0.4, -0.2) is 40.7 Å². The summed E-state index contributed by atoms with van der Waals surface area (Å²) >= 11 is 1.11. The zero-order valence-corrected chi connectivity index (χ0v) is 21.2. The molecule has 0 bridgehead atoms. The fraction of sp³-hybridized carbons (Fsp3) is 0.296. The minimum Gasteiger partial charge on any atom is -0.339 e. The molecular formula is C27H27N5O3S. The molecule has 1 saturated heterocycles. The van der Waals surface area contributed by atoms with Crippen molar-refractivity contribution in [2.45, 2.75) is 39.5 Å². The highest BCUT2D eigenvalue weighted by Gasteiger charge is 2.25. The summed E-state index contributed by atoms with van der Waals surface area (Å²) in [6.45, 7) is 6.26. The molecule has 0 spiro atoms. The predicted molar refractivity (Wildman–Crippen MR) is 139 cm³/mol. The maximum atomic E-state index is 13.2. The first-order valence-electron chi connectivity index (χ1n) is 11.7. The van der Waals surface area contributed by atoms with Crippen molar-refractivity contribution < 1.29 is 14.4 Å². The minimum absolute atomic E-state index is 0.0642. The van der Waals surface area contributed by atoms with Gasteiger partial charge in [-0.25, -0.2) is 4.98 Å². The summed E-state index contributed by atoms with van der Waals surface area (Å²) in [5.41, 5.74) is 4.29. The fourth-order valence-electron chi connectivity index (χ4n) is 4.31. The van der Waals surface area contributed by atoms with Crippen LogP contribution >= 0.6 is 11.3 Å². The molecule has 1 aliphatic heterocycles. The highest BCUT2D eigenvalue weighted by Crippen LogP contribution is 2.30. The lowest BCUT2D eigenvalue weighted by Gasteiger charge is -2.32. The van der Waals surface area contributed by atoms with Gasteiger partial charge in [-0.05, 0) is 68.0 Å². The number of anilines is 2. The molecule has 0 aliphatic carbocycles. The highest BCUT2D eigenvalue weighted by atomic mass is 32.1. The van der Waals surface area contributed by atoms with E-state index in [-0.39, 0.29) is 17.7 Å². The first-order chi connectivity index (χ1) is 17.2. The van der Waals surface area contributed by atoms with E-state index in [1.807, 2.05) is 42.2 Å². The number of rotatable bonds is 5. The summed E-state index contributed by atoms with van der Waals surface area (Å²) in [7, 11) is 0. The van der Waals surface area contributed by atoms with Crippen LogP contribution in [0.15, 0.2) is 42.5 Å². The second kappa shape index (κ2) is 10.7. The van der Waals surface area contributed by atoms with Crippen molar-refractivity contribution in [2.24, 2.45) is 0 Å². The lowest BCUT2D eigenvalue weighted by Crippen LogP contribution is -2.38. The van der Waals surface area contributed by atoms with Crippen LogP contribution in [0.25, 0.3) is 0 Å². The maximum Gasteiger partial charge on any atom is 0.267 e. The Morgan fingerprint density at radius 2 is 1.75 bits per heavy atom. The molecule has 4 rings (SSSR count). The van der Waals surface area contributed by atoms with Crippen molar-refractivity contribution in [1.29, 1.82) is 5.26 Å². The van der Waals surface area contributed by atoms with E-state index in [9.17, 15) is 14.4 Å².